The maximum atomic E-state index is 13.8. The van der Waals surface area contributed by atoms with E-state index in [0.717, 1.165) is 0 Å². The molecule has 0 bridgehead atoms. The second-order valence-corrected chi connectivity index (χ2v) is 4.82. The molecular formula is C10H11BrF2N6. The van der Waals surface area contributed by atoms with E-state index < -0.39 is 17.7 Å². The quantitative estimate of drug-likeness (QED) is 0.644. The first-order valence-corrected chi connectivity index (χ1v) is 6.14. The third-order valence-corrected chi connectivity index (χ3v) is 2.99. The molecule has 1 heterocycles. The van der Waals surface area contributed by atoms with Crippen molar-refractivity contribution in [1.29, 1.82) is 0 Å². The summed E-state index contributed by atoms with van der Waals surface area (Å²) in [4.78, 5) is 1.26. The minimum Gasteiger partial charge on any atom is -0.271 e. The van der Waals surface area contributed by atoms with Crippen LogP contribution in [0.4, 0.5) is 8.78 Å². The highest BCUT2D eigenvalue weighted by molar-refractivity contribution is 9.10. The van der Waals surface area contributed by atoms with Crippen molar-refractivity contribution in [2.45, 2.75) is 12.5 Å². The summed E-state index contributed by atoms with van der Waals surface area (Å²) in [6, 6.07) is 1.57. The van der Waals surface area contributed by atoms with E-state index in [9.17, 15) is 8.78 Å². The van der Waals surface area contributed by atoms with Crippen LogP contribution in [0.3, 0.4) is 0 Å². The predicted molar refractivity (Wildman–Crippen MR) is 66.6 cm³/mol. The van der Waals surface area contributed by atoms with Gasteiger partial charge in [-0.25, -0.2) is 8.78 Å². The van der Waals surface area contributed by atoms with Gasteiger partial charge < -0.3 is 0 Å². The van der Waals surface area contributed by atoms with Gasteiger partial charge in [-0.05, 0) is 17.3 Å². The van der Waals surface area contributed by atoms with Crippen molar-refractivity contribution in [2.75, 3.05) is 0 Å². The van der Waals surface area contributed by atoms with Crippen LogP contribution in [0.1, 0.15) is 17.4 Å². The molecule has 0 saturated carbocycles. The highest BCUT2D eigenvalue weighted by Crippen LogP contribution is 2.26. The Morgan fingerprint density at radius 2 is 2.05 bits per heavy atom. The number of hydrazine groups is 1. The van der Waals surface area contributed by atoms with E-state index in [1.165, 1.54) is 16.9 Å². The average Bonchev–Trinajstić information content (AvgIpc) is 2.72. The molecule has 0 saturated heterocycles. The molecule has 0 fully saturated rings. The minimum atomic E-state index is -0.780. The second-order valence-electron chi connectivity index (χ2n) is 3.90. The summed E-state index contributed by atoms with van der Waals surface area (Å²) in [7, 11) is 1.60. The van der Waals surface area contributed by atoms with Crippen LogP contribution < -0.4 is 11.3 Å². The monoisotopic (exact) mass is 332 g/mol. The van der Waals surface area contributed by atoms with Gasteiger partial charge in [0.1, 0.15) is 11.6 Å². The lowest BCUT2D eigenvalue weighted by Gasteiger charge is -2.16. The number of nitrogens with zero attached hydrogens (tertiary/aromatic N) is 4. The molecule has 0 aliphatic carbocycles. The molecule has 102 valence electrons. The minimum absolute atomic E-state index is 0.125. The fourth-order valence-corrected chi connectivity index (χ4v) is 2.12. The normalized spacial score (nSPS) is 12.7. The molecule has 0 aliphatic rings. The molecular weight excluding hydrogens is 322 g/mol. The number of nitrogens with one attached hydrogen (secondary N) is 1. The molecule has 1 unspecified atom stereocenters. The van der Waals surface area contributed by atoms with Crippen molar-refractivity contribution in [3.8, 4) is 0 Å². The Balaban J connectivity index is 2.32. The van der Waals surface area contributed by atoms with Gasteiger partial charge in [-0.3, -0.25) is 11.3 Å². The lowest BCUT2D eigenvalue weighted by atomic mass is 10.0. The van der Waals surface area contributed by atoms with Crippen molar-refractivity contribution in [3.05, 3.63) is 39.6 Å². The first-order chi connectivity index (χ1) is 9.01. The van der Waals surface area contributed by atoms with Crippen LogP contribution in [-0.4, -0.2) is 20.2 Å². The highest BCUT2D eigenvalue weighted by Gasteiger charge is 2.22. The van der Waals surface area contributed by atoms with Crippen molar-refractivity contribution >= 4 is 15.9 Å². The third-order valence-electron chi connectivity index (χ3n) is 2.53. The molecule has 2 rings (SSSR count). The third kappa shape index (κ3) is 3.11. The molecule has 0 radical (unpaired) electrons. The molecule has 19 heavy (non-hydrogen) atoms. The number of hydrogen-bond donors (Lipinski definition) is 2. The zero-order chi connectivity index (χ0) is 14.0. The van der Waals surface area contributed by atoms with Gasteiger partial charge >= 0.3 is 0 Å². The Bertz CT molecular complexity index is 564. The Labute approximate surface area is 116 Å². The first kappa shape index (κ1) is 14.0. The van der Waals surface area contributed by atoms with E-state index in [4.69, 9.17) is 5.84 Å². The second kappa shape index (κ2) is 5.68. The van der Waals surface area contributed by atoms with Crippen molar-refractivity contribution < 1.29 is 8.78 Å². The zero-order valence-electron chi connectivity index (χ0n) is 9.94. The van der Waals surface area contributed by atoms with E-state index in [1.54, 1.807) is 7.05 Å². The summed E-state index contributed by atoms with van der Waals surface area (Å²) in [5.74, 6) is 4.31. The largest absolute Gasteiger partial charge is 0.271 e. The molecule has 9 heteroatoms. The number of nitrogens with two attached hydrogens (primary N) is 1. The van der Waals surface area contributed by atoms with Crippen LogP contribution in [0.2, 0.25) is 0 Å². The van der Waals surface area contributed by atoms with Crippen LogP contribution in [0.15, 0.2) is 16.6 Å². The van der Waals surface area contributed by atoms with Crippen molar-refractivity contribution in [3.63, 3.8) is 0 Å². The summed E-state index contributed by atoms with van der Waals surface area (Å²) < 4.78 is 28.0. The standard InChI is InChI=1S/C10H11BrF2N6/c1-19-17-9(16-18-19)4-8(15-14)10-6(12)2-5(11)3-7(10)13/h2-3,8,15H,4,14H2,1H3. The maximum Gasteiger partial charge on any atom is 0.176 e. The number of hydrogen-bond acceptors (Lipinski definition) is 5. The Morgan fingerprint density at radius 3 is 2.53 bits per heavy atom. The molecule has 0 spiro atoms. The molecule has 6 nitrogen and oxygen atoms in total. The van der Waals surface area contributed by atoms with Gasteiger partial charge in [0.2, 0.25) is 0 Å². The lowest BCUT2D eigenvalue weighted by molar-refractivity contribution is 0.465. The summed E-state index contributed by atoms with van der Waals surface area (Å²) in [6.07, 6.45) is 0.125. The zero-order valence-corrected chi connectivity index (χ0v) is 11.5. The summed E-state index contributed by atoms with van der Waals surface area (Å²) in [5.41, 5.74) is 2.21. The Morgan fingerprint density at radius 1 is 1.42 bits per heavy atom. The van der Waals surface area contributed by atoms with Crippen LogP contribution in [0.25, 0.3) is 0 Å². The number of tetrazole rings is 1. The average molecular weight is 333 g/mol. The number of aryl methyl sites for hydroxylation is 1. The van der Waals surface area contributed by atoms with Gasteiger partial charge in [0.15, 0.2) is 5.82 Å². The summed E-state index contributed by atoms with van der Waals surface area (Å²) in [6.45, 7) is 0. The first-order valence-electron chi connectivity index (χ1n) is 5.34. The molecule has 0 amide bonds. The topological polar surface area (TPSA) is 81.7 Å². The highest BCUT2D eigenvalue weighted by atomic mass is 79.9. The Kier molecular flexibility index (Phi) is 4.17. The molecule has 0 aliphatic heterocycles. The SMILES string of the molecule is Cn1nnc(CC(NN)c2c(F)cc(Br)cc2F)n1. The van der Waals surface area contributed by atoms with E-state index >= 15 is 0 Å². The van der Waals surface area contributed by atoms with Crippen LogP contribution >= 0.6 is 15.9 Å². The van der Waals surface area contributed by atoms with Crippen LogP contribution in [-0.2, 0) is 13.5 Å². The van der Waals surface area contributed by atoms with E-state index in [2.05, 4.69) is 36.8 Å². The molecule has 1 atom stereocenters. The maximum absolute atomic E-state index is 13.8. The number of rotatable bonds is 4. The van der Waals surface area contributed by atoms with Gasteiger partial charge in [0.05, 0.1) is 13.1 Å². The molecule has 2 aromatic rings. The fourth-order valence-electron chi connectivity index (χ4n) is 1.72. The summed E-state index contributed by atoms with van der Waals surface area (Å²) in [5, 5.41) is 11.4. The van der Waals surface area contributed by atoms with Gasteiger partial charge in [-0.1, -0.05) is 15.9 Å². The predicted octanol–water partition coefficient (Wildman–Crippen LogP) is 0.998. The van der Waals surface area contributed by atoms with Crippen molar-refractivity contribution in [1.82, 2.24) is 25.6 Å². The van der Waals surface area contributed by atoms with E-state index in [-0.39, 0.29) is 12.0 Å². The van der Waals surface area contributed by atoms with E-state index in [1.807, 2.05) is 0 Å². The number of benzene rings is 1. The van der Waals surface area contributed by atoms with Crippen LogP contribution in [0.5, 0.6) is 0 Å². The van der Waals surface area contributed by atoms with Gasteiger partial charge in [-0.2, -0.15) is 4.80 Å². The van der Waals surface area contributed by atoms with E-state index in [0.29, 0.717) is 10.3 Å². The molecule has 1 aromatic carbocycles. The number of halogens is 3. The smallest absolute Gasteiger partial charge is 0.176 e. The van der Waals surface area contributed by atoms with Crippen LogP contribution in [0, 0.1) is 11.6 Å². The van der Waals surface area contributed by atoms with Gasteiger partial charge in [-0.15, -0.1) is 10.2 Å². The Hall–Kier alpha value is -1.45. The van der Waals surface area contributed by atoms with Gasteiger partial charge in [0, 0.05) is 16.5 Å². The fraction of sp³-hybridized carbons (Fsp3) is 0.300. The number of aromatic nitrogens is 4. The summed E-state index contributed by atoms with van der Waals surface area (Å²) >= 11 is 3.02. The van der Waals surface area contributed by atoms with Gasteiger partial charge in [0.25, 0.3) is 0 Å². The molecule has 3 N–H and O–H groups in total. The van der Waals surface area contributed by atoms with Crippen molar-refractivity contribution in [2.24, 2.45) is 12.9 Å². The molecule has 1 aromatic heterocycles. The lowest BCUT2D eigenvalue weighted by Crippen LogP contribution is -2.31.